The third-order valence-corrected chi connectivity index (χ3v) is 8.94. The third-order valence-electron chi connectivity index (χ3n) is 5.57. The molecule has 1 N–H and O–H groups in total. The van der Waals surface area contributed by atoms with Gasteiger partial charge in [-0.1, -0.05) is 6.07 Å². The molecule has 12 heteroatoms. The molecule has 1 saturated carbocycles. The Hall–Kier alpha value is -2.47. The Morgan fingerprint density at radius 3 is 2.06 bits per heavy atom. The van der Waals surface area contributed by atoms with E-state index in [0.717, 1.165) is 18.4 Å². The molecule has 33 heavy (non-hydrogen) atoms. The molecule has 2 aromatic rings. The molecule has 0 unspecified atom stereocenters. The van der Waals surface area contributed by atoms with E-state index in [2.05, 4.69) is 5.32 Å². The van der Waals surface area contributed by atoms with Gasteiger partial charge in [-0.05, 0) is 68.1 Å². The largest absolute Gasteiger partial charge is 0.416 e. The summed E-state index contributed by atoms with van der Waals surface area (Å²) < 4.78 is 103. The van der Waals surface area contributed by atoms with Gasteiger partial charge in [-0.25, -0.2) is 21.2 Å². The molecular weight excluding hydrogens is 486 g/mol. The molecule has 0 saturated heterocycles. The highest BCUT2D eigenvalue weighted by Crippen LogP contribution is 2.41. The molecule has 0 radical (unpaired) electrons. The van der Waals surface area contributed by atoms with Gasteiger partial charge in [0.25, 0.3) is 5.91 Å². The number of amides is 1. The second kappa shape index (κ2) is 8.71. The van der Waals surface area contributed by atoms with Crippen LogP contribution in [0, 0.1) is 0 Å². The maximum absolute atomic E-state index is 15.4. The minimum atomic E-state index is -4.77. The average Bonchev–Trinajstić information content (AvgIpc) is 2.74. The van der Waals surface area contributed by atoms with Crippen LogP contribution in [0.15, 0.2) is 58.3 Å². The number of carbonyl (C=O) groups excluding carboxylic acids is 1. The van der Waals surface area contributed by atoms with E-state index in [4.69, 9.17) is 0 Å². The number of benzene rings is 2. The standard InChI is InChI=1S/C21H21F4NO5S2/c1-32(28,29)17-7-5-14(6-8-17)19(27)26-16-9-11-20(22,12-10-16)33(30,31)18-4-2-3-15(13-18)21(23,24)25/h2-8,13,16H,9-12H2,1H3,(H,26,27)/t16-,20-. The summed E-state index contributed by atoms with van der Waals surface area (Å²) in [7, 11) is -8.13. The van der Waals surface area contributed by atoms with E-state index >= 15 is 4.39 Å². The molecular formula is C21H21F4NO5S2. The topological polar surface area (TPSA) is 97.4 Å². The molecule has 6 nitrogen and oxygen atoms in total. The van der Waals surface area contributed by atoms with Crippen molar-refractivity contribution in [3.63, 3.8) is 0 Å². The molecule has 0 bridgehead atoms. The number of rotatable bonds is 5. The Labute approximate surface area is 188 Å². The molecule has 1 fully saturated rings. The van der Waals surface area contributed by atoms with Crippen molar-refractivity contribution in [2.24, 2.45) is 0 Å². The summed E-state index contributed by atoms with van der Waals surface area (Å²) in [5, 5.41) is -0.102. The lowest BCUT2D eigenvalue weighted by Crippen LogP contribution is -2.45. The minimum Gasteiger partial charge on any atom is -0.349 e. The number of hydrogen-bond donors (Lipinski definition) is 1. The van der Waals surface area contributed by atoms with Crippen molar-refractivity contribution in [1.29, 1.82) is 0 Å². The van der Waals surface area contributed by atoms with Crippen LogP contribution in [-0.4, -0.2) is 40.0 Å². The lowest BCUT2D eigenvalue weighted by molar-refractivity contribution is -0.137. The van der Waals surface area contributed by atoms with E-state index in [0.29, 0.717) is 12.1 Å². The van der Waals surface area contributed by atoms with Crippen LogP contribution in [0.2, 0.25) is 0 Å². The predicted octanol–water partition coefficient (Wildman–Crippen LogP) is 3.92. The number of alkyl halides is 4. The van der Waals surface area contributed by atoms with Crippen molar-refractivity contribution in [2.75, 3.05) is 6.26 Å². The van der Waals surface area contributed by atoms with Crippen LogP contribution < -0.4 is 5.32 Å². The summed E-state index contributed by atoms with van der Waals surface area (Å²) in [6, 6.07) is 7.63. The Morgan fingerprint density at radius 1 is 0.970 bits per heavy atom. The summed E-state index contributed by atoms with van der Waals surface area (Å²) in [6.45, 7) is 0. The van der Waals surface area contributed by atoms with Gasteiger partial charge in [0.1, 0.15) is 0 Å². The van der Waals surface area contributed by atoms with Crippen molar-refractivity contribution in [1.82, 2.24) is 5.32 Å². The van der Waals surface area contributed by atoms with Crippen LogP contribution in [0.4, 0.5) is 17.6 Å². The van der Waals surface area contributed by atoms with Crippen molar-refractivity contribution in [3.05, 3.63) is 59.7 Å². The molecule has 1 amide bonds. The second-order valence-electron chi connectivity index (χ2n) is 7.96. The molecule has 3 rings (SSSR count). The van der Waals surface area contributed by atoms with E-state index in [1.54, 1.807) is 0 Å². The lowest BCUT2D eigenvalue weighted by atomic mass is 9.93. The van der Waals surface area contributed by atoms with Gasteiger partial charge in [0.05, 0.1) is 15.4 Å². The number of nitrogens with one attached hydrogen (secondary N) is 1. The Morgan fingerprint density at radius 2 is 1.55 bits per heavy atom. The highest BCUT2D eigenvalue weighted by Gasteiger charge is 2.48. The van der Waals surface area contributed by atoms with Crippen LogP contribution >= 0.6 is 0 Å². The van der Waals surface area contributed by atoms with Crippen molar-refractivity contribution in [3.8, 4) is 0 Å². The fraction of sp³-hybridized carbons (Fsp3) is 0.381. The van der Waals surface area contributed by atoms with E-state index < -0.39 is 66.1 Å². The monoisotopic (exact) mass is 507 g/mol. The van der Waals surface area contributed by atoms with Gasteiger partial charge in [-0.2, -0.15) is 13.2 Å². The fourth-order valence-electron chi connectivity index (χ4n) is 3.63. The van der Waals surface area contributed by atoms with Gasteiger partial charge in [-0.3, -0.25) is 4.79 Å². The first kappa shape index (κ1) is 25.2. The van der Waals surface area contributed by atoms with Crippen LogP contribution in [0.5, 0.6) is 0 Å². The molecule has 1 aliphatic rings. The maximum Gasteiger partial charge on any atom is 0.416 e. The van der Waals surface area contributed by atoms with Crippen molar-refractivity contribution in [2.45, 2.75) is 52.7 Å². The van der Waals surface area contributed by atoms with Gasteiger partial charge in [0.15, 0.2) is 9.84 Å². The van der Waals surface area contributed by atoms with Gasteiger partial charge in [0, 0.05) is 17.9 Å². The highest BCUT2D eigenvalue weighted by molar-refractivity contribution is 7.92. The van der Waals surface area contributed by atoms with Gasteiger partial charge in [0.2, 0.25) is 14.8 Å². The van der Waals surface area contributed by atoms with Crippen LogP contribution in [0.25, 0.3) is 0 Å². The molecule has 0 aliphatic heterocycles. The second-order valence-corrected chi connectivity index (χ2v) is 12.2. The van der Waals surface area contributed by atoms with Crippen molar-refractivity contribution < 1.29 is 39.2 Å². The van der Waals surface area contributed by atoms with Crippen LogP contribution in [0.3, 0.4) is 0 Å². The number of hydrogen-bond acceptors (Lipinski definition) is 5. The summed E-state index contributed by atoms with van der Waals surface area (Å²) in [5.41, 5.74) is -1.01. The minimum absolute atomic E-state index is 0.0398. The molecule has 1 aliphatic carbocycles. The van der Waals surface area contributed by atoms with E-state index in [1.165, 1.54) is 24.3 Å². The van der Waals surface area contributed by atoms with E-state index in [1.807, 2.05) is 0 Å². The summed E-state index contributed by atoms with van der Waals surface area (Å²) in [6.07, 6.45) is -4.81. The molecule has 0 aromatic heterocycles. The first-order valence-corrected chi connectivity index (χ1v) is 13.2. The van der Waals surface area contributed by atoms with E-state index in [9.17, 15) is 34.8 Å². The molecule has 180 valence electrons. The highest BCUT2D eigenvalue weighted by atomic mass is 32.2. The van der Waals surface area contributed by atoms with Crippen LogP contribution in [0.1, 0.15) is 41.6 Å². The van der Waals surface area contributed by atoms with Gasteiger partial charge < -0.3 is 5.32 Å². The molecule has 0 spiro atoms. The summed E-state index contributed by atoms with van der Waals surface area (Å²) in [4.78, 5) is 11.7. The Bertz CT molecular complexity index is 1250. The van der Waals surface area contributed by atoms with Crippen molar-refractivity contribution >= 4 is 25.6 Å². The Balaban J connectivity index is 1.69. The third kappa shape index (κ3) is 5.37. The molecule has 0 heterocycles. The average molecular weight is 508 g/mol. The number of sulfone groups is 2. The SMILES string of the molecule is CS(=O)(=O)c1ccc(C(=O)N[C@H]2CC[C@](F)(S(=O)(=O)c3cccc(C(F)(F)F)c3)CC2)cc1. The van der Waals surface area contributed by atoms with Gasteiger partial charge >= 0.3 is 6.18 Å². The normalized spacial score (nSPS) is 22.0. The zero-order valence-corrected chi connectivity index (χ0v) is 19.0. The van der Waals surface area contributed by atoms with Gasteiger partial charge in [-0.15, -0.1) is 0 Å². The fourth-order valence-corrected chi connectivity index (χ4v) is 6.00. The number of carbonyl (C=O) groups is 1. The predicted molar refractivity (Wildman–Crippen MR) is 112 cm³/mol. The van der Waals surface area contributed by atoms with E-state index in [-0.39, 0.29) is 23.3 Å². The quantitative estimate of drug-likeness (QED) is 0.619. The smallest absolute Gasteiger partial charge is 0.349 e. The maximum atomic E-state index is 15.4. The zero-order chi connectivity index (χ0) is 24.7. The molecule has 0 atom stereocenters. The first-order valence-electron chi connectivity index (χ1n) is 9.85. The van der Waals surface area contributed by atoms with Crippen LogP contribution in [-0.2, 0) is 25.9 Å². The lowest BCUT2D eigenvalue weighted by Gasteiger charge is -2.34. The number of halogens is 4. The summed E-state index contributed by atoms with van der Waals surface area (Å²) in [5.74, 6) is -0.535. The Kier molecular flexibility index (Phi) is 6.64. The molecule has 2 aromatic carbocycles. The first-order chi connectivity index (χ1) is 15.1. The summed E-state index contributed by atoms with van der Waals surface area (Å²) >= 11 is 0. The zero-order valence-electron chi connectivity index (χ0n) is 17.4.